The zero-order valence-corrected chi connectivity index (χ0v) is 14.1. The number of methoxy groups -OCH3 is 1. The van der Waals surface area contributed by atoms with E-state index in [0.717, 1.165) is 0 Å². The van der Waals surface area contributed by atoms with Crippen LogP contribution in [0.25, 0.3) is 0 Å². The maximum Gasteiger partial charge on any atom is 0.255 e. The molecule has 23 heavy (non-hydrogen) atoms. The molecule has 6 heteroatoms. The molecule has 1 amide bonds. The molecule has 1 heterocycles. The number of hydrogen-bond acceptors (Lipinski definition) is 4. The van der Waals surface area contributed by atoms with Crippen LogP contribution in [0.1, 0.15) is 24.2 Å². The number of pyridine rings is 1. The van der Waals surface area contributed by atoms with Gasteiger partial charge in [-0.3, -0.25) is 9.78 Å². The number of amides is 1. The minimum Gasteiger partial charge on any atom is -0.493 e. The summed E-state index contributed by atoms with van der Waals surface area (Å²) < 4.78 is 11.0. The highest BCUT2D eigenvalue weighted by Gasteiger charge is 2.16. The molecule has 0 atom stereocenters. The van der Waals surface area contributed by atoms with E-state index in [-0.39, 0.29) is 5.91 Å². The number of aromatic nitrogens is 1. The van der Waals surface area contributed by atoms with Crippen molar-refractivity contribution in [2.24, 2.45) is 5.92 Å². The lowest BCUT2D eigenvalue weighted by Gasteiger charge is -2.15. The maximum absolute atomic E-state index is 12.3. The van der Waals surface area contributed by atoms with E-state index in [1.54, 1.807) is 36.7 Å². The molecule has 0 radical (unpaired) electrons. The first-order valence-corrected chi connectivity index (χ1v) is 7.60. The van der Waals surface area contributed by atoms with Crippen LogP contribution >= 0.6 is 11.6 Å². The van der Waals surface area contributed by atoms with Gasteiger partial charge in [-0.2, -0.15) is 0 Å². The van der Waals surface area contributed by atoms with Crippen LogP contribution in [0.3, 0.4) is 0 Å². The maximum atomic E-state index is 12.3. The number of hydrogen-bond donors (Lipinski definition) is 1. The number of anilines is 1. The molecule has 0 aliphatic heterocycles. The summed E-state index contributed by atoms with van der Waals surface area (Å²) in [7, 11) is 1.51. The summed E-state index contributed by atoms with van der Waals surface area (Å²) >= 11 is 6.25. The van der Waals surface area contributed by atoms with E-state index >= 15 is 0 Å². The molecule has 2 rings (SSSR count). The third kappa shape index (κ3) is 4.60. The molecule has 2 aromatic rings. The van der Waals surface area contributed by atoms with Crippen LogP contribution in [0.2, 0.25) is 5.02 Å². The van der Waals surface area contributed by atoms with E-state index in [1.165, 1.54) is 7.11 Å². The number of carbonyl (C=O) groups is 1. The fraction of sp³-hybridized carbons (Fsp3) is 0.294. The Balaban J connectivity index is 2.23. The molecule has 122 valence electrons. The molecule has 1 aromatic carbocycles. The minimum atomic E-state index is -0.285. The van der Waals surface area contributed by atoms with Gasteiger partial charge in [0.1, 0.15) is 0 Å². The highest BCUT2D eigenvalue weighted by molar-refractivity contribution is 6.32. The van der Waals surface area contributed by atoms with Crippen molar-refractivity contribution in [2.75, 3.05) is 19.0 Å². The molecule has 5 nitrogen and oxygen atoms in total. The van der Waals surface area contributed by atoms with E-state index in [2.05, 4.69) is 10.3 Å². The van der Waals surface area contributed by atoms with Crippen LogP contribution < -0.4 is 14.8 Å². The van der Waals surface area contributed by atoms with Crippen LogP contribution in [0.5, 0.6) is 11.5 Å². The Morgan fingerprint density at radius 1 is 1.30 bits per heavy atom. The van der Waals surface area contributed by atoms with Gasteiger partial charge in [0.2, 0.25) is 0 Å². The van der Waals surface area contributed by atoms with Gasteiger partial charge in [-0.05, 0) is 30.2 Å². The molecule has 1 N–H and O–H groups in total. The minimum absolute atomic E-state index is 0.285. The summed E-state index contributed by atoms with van der Waals surface area (Å²) in [5, 5.41) is 3.11. The van der Waals surface area contributed by atoms with Crippen molar-refractivity contribution in [3.05, 3.63) is 47.2 Å². The number of nitrogens with one attached hydrogen (secondary N) is 1. The summed E-state index contributed by atoms with van der Waals surface area (Å²) in [6.45, 7) is 4.59. The molecule has 0 aliphatic carbocycles. The number of rotatable bonds is 6. The van der Waals surface area contributed by atoms with Crippen molar-refractivity contribution in [1.82, 2.24) is 4.98 Å². The lowest BCUT2D eigenvalue weighted by atomic mass is 10.1. The summed E-state index contributed by atoms with van der Waals surface area (Å²) in [6, 6.07) is 6.59. The standard InChI is InChI=1S/C17H19ClN2O3/c1-11(2)10-23-16-14(18)8-12(9-15(16)22-3)17(21)20-13-4-6-19-7-5-13/h4-9,11H,10H2,1-3H3,(H,19,20,21). The summed E-state index contributed by atoms with van der Waals surface area (Å²) in [5.74, 6) is 0.943. The van der Waals surface area contributed by atoms with Gasteiger partial charge >= 0.3 is 0 Å². The van der Waals surface area contributed by atoms with E-state index in [4.69, 9.17) is 21.1 Å². The first-order valence-electron chi connectivity index (χ1n) is 7.23. The van der Waals surface area contributed by atoms with E-state index in [1.807, 2.05) is 13.8 Å². The monoisotopic (exact) mass is 334 g/mol. The highest BCUT2D eigenvalue weighted by atomic mass is 35.5. The van der Waals surface area contributed by atoms with Crippen molar-refractivity contribution in [3.8, 4) is 11.5 Å². The number of benzene rings is 1. The average Bonchev–Trinajstić information content (AvgIpc) is 2.53. The first-order chi connectivity index (χ1) is 11.0. The lowest BCUT2D eigenvalue weighted by molar-refractivity contribution is 0.102. The summed E-state index contributed by atoms with van der Waals surface area (Å²) in [6.07, 6.45) is 3.21. The van der Waals surface area contributed by atoms with Gasteiger partial charge in [-0.25, -0.2) is 0 Å². The van der Waals surface area contributed by atoms with Gasteiger partial charge in [0.15, 0.2) is 11.5 Å². The molecule has 0 spiro atoms. The van der Waals surface area contributed by atoms with Gasteiger partial charge in [-0.1, -0.05) is 25.4 Å². The van der Waals surface area contributed by atoms with E-state index in [0.29, 0.717) is 40.3 Å². The molecular formula is C17H19ClN2O3. The lowest BCUT2D eigenvalue weighted by Crippen LogP contribution is -2.13. The van der Waals surface area contributed by atoms with Crippen LogP contribution in [0.15, 0.2) is 36.7 Å². The molecule has 0 saturated carbocycles. The number of nitrogens with zero attached hydrogens (tertiary/aromatic N) is 1. The van der Waals surface area contributed by atoms with Crippen LogP contribution in [-0.4, -0.2) is 24.6 Å². The SMILES string of the molecule is COc1cc(C(=O)Nc2ccncc2)cc(Cl)c1OCC(C)C. The van der Waals surface area contributed by atoms with E-state index in [9.17, 15) is 4.79 Å². The molecular weight excluding hydrogens is 316 g/mol. The average molecular weight is 335 g/mol. The predicted octanol–water partition coefficient (Wildman–Crippen LogP) is 4.03. The van der Waals surface area contributed by atoms with Crippen molar-refractivity contribution in [1.29, 1.82) is 0 Å². The second-order valence-electron chi connectivity index (χ2n) is 5.38. The normalized spacial score (nSPS) is 10.5. The van der Waals surface area contributed by atoms with Crippen molar-refractivity contribution in [2.45, 2.75) is 13.8 Å². The third-order valence-electron chi connectivity index (χ3n) is 2.99. The van der Waals surface area contributed by atoms with Gasteiger partial charge < -0.3 is 14.8 Å². The molecule has 0 unspecified atom stereocenters. The zero-order valence-electron chi connectivity index (χ0n) is 13.3. The van der Waals surface area contributed by atoms with Gasteiger partial charge in [-0.15, -0.1) is 0 Å². The summed E-state index contributed by atoms with van der Waals surface area (Å²) in [4.78, 5) is 16.2. The zero-order chi connectivity index (χ0) is 16.8. The molecule has 0 bridgehead atoms. The Morgan fingerprint density at radius 2 is 2.00 bits per heavy atom. The van der Waals surface area contributed by atoms with E-state index < -0.39 is 0 Å². The van der Waals surface area contributed by atoms with Crippen LogP contribution in [-0.2, 0) is 0 Å². The smallest absolute Gasteiger partial charge is 0.255 e. The molecule has 0 aliphatic rings. The number of halogens is 1. The van der Waals surface area contributed by atoms with Gasteiger partial charge in [0, 0.05) is 23.6 Å². The second-order valence-corrected chi connectivity index (χ2v) is 5.79. The topological polar surface area (TPSA) is 60.5 Å². The highest BCUT2D eigenvalue weighted by Crippen LogP contribution is 2.36. The van der Waals surface area contributed by atoms with Crippen molar-refractivity contribution < 1.29 is 14.3 Å². The largest absolute Gasteiger partial charge is 0.493 e. The second kappa shape index (κ2) is 7.83. The predicted molar refractivity (Wildman–Crippen MR) is 90.5 cm³/mol. The molecule has 0 saturated heterocycles. The van der Waals surface area contributed by atoms with Gasteiger partial charge in [0.05, 0.1) is 18.7 Å². The Hall–Kier alpha value is -2.27. The van der Waals surface area contributed by atoms with Crippen molar-refractivity contribution >= 4 is 23.2 Å². The molecule has 0 fully saturated rings. The number of carbonyl (C=O) groups excluding carboxylic acids is 1. The number of ether oxygens (including phenoxy) is 2. The van der Waals surface area contributed by atoms with Gasteiger partial charge in [0.25, 0.3) is 5.91 Å². The Kier molecular flexibility index (Phi) is 5.82. The summed E-state index contributed by atoms with van der Waals surface area (Å²) in [5.41, 5.74) is 1.04. The molecule has 1 aromatic heterocycles. The first kappa shape index (κ1) is 17.1. The quantitative estimate of drug-likeness (QED) is 0.866. The van der Waals surface area contributed by atoms with Crippen LogP contribution in [0.4, 0.5) is 5.69 Å². The Morgan fingerprint density at radius 3 is 2.61 bits per heavy atom. The fourth-order valence-corrected chi connectivity index (χ4v) is 2.14. The Labute approximate surface area is 140 Å². The fourth-order valence-electron chi connectivity index (χ4n) is 1.88. The third-order valence-corrected chi connectivity index (χ3v) is 3.27. The Bertz CT molecular complexity index is 675. The van der Waals surface area contributed by atoms with Crippen molar-refractivity contribution in [3.63, 3.8) is 0 Å². The van der Waals surface area contributed by atoms with Crippen LogP contribution in [0, 0.1) is 5.92 Å².